The number of carbonyl (C=O) groups is 1. The van der Waals surface area contributed by atoms with Crippen molar-refractivity contribution in [3.05, 3.63) is 58.6 Å². The molecule has 0 amide bonds. The second-order valence-electron chi connectivity index (χ2n) is 4.35. The molecule has 2 aromatic rings. The smallest absolute Gasteiger partial charge is 0.335 e. The van der Waals surface area contributed by atoms with Gasteiger partial charge in [-0.1, -0.05) is 23.7 Å². The standard InChI is InChI=1S/C14H12ClNO4S/c1-9-12(14(17)18)6-3-7-13(9)21(19,20)16-11-5-2-4-10(15)8-11/h2-8,16H,1H3,(H,17,18). The van der Waals surface area contributed by atoms with Crippen LogP contribution in [0.2, 0.25) is 5.02 Å². The van der Waals surface area contributed by atoms with E-state index in [2.05, 4.69) is 4.72 Å². The Balaban J connectivity index is 2.45. The van der Waals surface area contributed by atoms with Crippen molar-refractivity contribution in [2.75, 3.05) is 4.72 Å². The fraction of sp³-hybridized carbons (Fsp3) is 0.0714. The van der Waals surface area contributed by atoms with Crippen LogP contribution in [0.25, 0.3) is 0 Å². The Kier molecular flexibility index (Phi) is 4.20. The molecule has 2 N–H and O–H groups in total. The van der Waals surface area contributed by atoms with Gasteiger partial charge in [0, 0.05) is 5.02 Å². The lowest BCUT2D eigenvalue weighted by molar-refractivity contribution is 0.0696. The molecule has 5 nitrogen and oxygen atoms in total. The highest BCUT2D eigenvalue weighted by atomic mass is 35.5. The van der Waals surface area contributed by atoms with Crippen LogP contribution in [-0.4, -0.2) is 19.5 Å². The molecule has 0 spiro atoms. The zero-order valence-electron chi connectivity index (χ0n) is 11.0. The van der Waals surface area contributed by atoms with Gasteiger partial charge in [-0.15, -0.1) is 0 Å². The lowest BCUT2D eigenvalue weighted by Crippen LogP contribution is -2.15. The molecule has 7 heteroatoms. The molecule has 0 bridgehead atoms. The Morgan fingerprint density at radius 2 is 1.86 bits per heavy atom. The third-order valence-corrected chi connectivity index (χ3v) is 4.64. The quantitative estimate of drug-likeness (QED) is 0.904. The van der Waals surface area contributed by atoms with Gasteiger partial charge in [-0.2, -0.15) is 0 Å². The summed E-state index contributed by atoms with van der Waals surface area (Å²) in [6.07, 6.45) is 0. The van der Waals surface area contributed by atoms with Crippen LogP contribution >= 0.6 is 11.6 Å². The molecule has 0 fully saturated rings. The van der Waals surface area contributed by atoms with E-state index in [1.165, 1.54) is 31.2 Å². The molecule has 110 valence electrons. The van der Waals surface area contributed by atoms with E-state index in [0.717, 1.165) is 0 Å². The Bertz CT molecular complexity index is 802. The minimum Gasteiger partial charge on any atom is -0.478 e. The number of hydrogen-bond acceptors (Lipinski definition) is 3. The molecular formula is C14H12ClNO4S. The maximum Gasteiger partial charge on any atom is 0.335 e. The first kappa shape index (κ1) is 15.3. The van der Waals surface area contributed by atoms with E-state index < -0.39 is 16.0 Å². The molecule has 0 aliphatic heterocycles. The van der Waals surface area contributed by atoms with Crippen LogP contribution in [0.3, 0.4) is 0 Å². The van der Waals surface area contributed by atoms with Crippen molar-refractivity contribution in [2.45, 2.75) is 11.8 Å². The summed E-state index contributed by atoms with van der Waals surface area (Å²) in [5, 5.41) is 9.44. The van der Waals surface area contributed by atoms with Gasteiger partial charge in [0.2, 0.25) is 0 Å². The number of carboxylic acid groups (broad SMARTS) is 1. The van der Waals surface area contributed by atoms with E-state index in [1.807, 2.05) is 0 Å². The van der Waals surface area contributed by atoms with Crippen molar-refractivity contribution in [3.8, 4) is 0 Å². The molecule has 0 heterocycles. The summed E-state index contributed by atoms with van der Waals surface area (Å²) in [5.74, 6) is -1.17. The molecule has 0 aliphatic rings. The molecule has 0 radical (unpaired) electrons. The SMILES string of the molecule is Cc1c(C(=O)O)cccc1S(=O)(=O)Nc1cccc(Cl)c1. The van der Waals surface area contributed by atoms with Crippen LogP contribution in [-0.2, 0) is 10.0 Å². The largest absolute Gasteiger partial charge is 0.478 e. The predicted octanol–water partition coefficient (Wildman–Crippen LogP) is 3.15. The fourth-order valence-electron chi connectivity index (χ4n) is 1.90. The Morgan fingerprint density at radius 1 is 1.19 bits per heavy atom. The number of aromatic carboxylic acids is 1. The number of anilines is 1. The summed E-state index contributed by atoms with van der Waals surface area (Å²) in [6.45, 7) is 1.45. The van der Waals surface area contributed by atoms with Crippen molar-refractivity contribution < 1.29 is 18.3 Å². The van der Waals surface area contributed by atoms with E-state index in [-0.39, 0.29) is 16.0 Å². The Labute approximate surface area is 127 Å². The first-order valence-corrected chi connectivity index (χ1v) is 7.78. The number of benzene rings is 2. The average Bonchev–Trinajstić information content (AvgIpc) is 2.37. The number of halogens is 1. The number of rotatable bonds is 4. The van der Waals surface area contributed by atoms with Gasteiger partial charge < -0.3 is 5.11 Å². The number of sulfonamides is 1. The predicted molar refractivity (Wildman–Crippen MR) is 80.4 cm³/mol. The summed E-state index contributed by atoms with van der Waals surface area (Å²) in [6, 6.07) is 10.4. The highest BCUT2D eigenvalue weighted by Crippen LogP contribution is 2.23. The number of nitrogens with one attached hydrogen (secondary N) is 1. The van der Waals surface area contributed by atoms with Crippen LogP contribution in [0, 0.1) is 6.92 Å². The molecule has 0 saturated carbocycles. The lowest BCUT2D eigenvalue weighted by Gasteiger charge is -2.12. The summed E-state index contributed by atoms with van der Waals surface area (Å²) in [4.78, 5) is 11.0. The van der Waals surface area contributed by atoms with E-state index in [4.69, 9.17) is 16.7 Å². The fourth-order valence-corrected chi connectivity index (χ4v) is 3.41. The number of carboxylic acids is 1. The van der Waals surface area contributed by atoms with Crippen molar-refractivity contribution in [1.82, 2.24) is 0 Å². The van der Waals surface area contributed by atoms with Gasteiger partial charge in [-0.3, -0.25) is 4.72 Å². The van der Waals surface area contributed by atoms with E-state index in [9.17, 15) is 13.2 Å². The van der Waals surface area contributed by atoms with Crippen LogP contribution in [0.4, 0.5) is 5.69 Å². The number of hydrogen-bond donors (Lipinski definition) is 2. The topological polar surface area (TPSA) is 83.5 Å². The Morgan fingerprint density at radius 3 is 2.48 bits per heavy atom. The second-order valence-corrected chi connectivity index (χ2v) is 6.44. The minimum atomic E-state index is -3.89. The van der Waals surface area contributed by atoms with Crippen LogP contribution < -0.4 is 4.72 Å². The first-order valence-electron chi connectivity index (χ1n) is 5.92. The summed E-state index contributed by atoms with van der Waals surface area (Å²) < 4.78 is 27.1. The van der Waals surface area contributed by atoms with Crippen molar-refractivity contribution in [2.24, 2.45) is 0 Å². The molecule has 0 unspecified atom stereocenters. The highest BCUT2D eigenvalue weighted by molar-refractivity contribution is 7.92. The van der Waals surface area contributed by atoms with Gasteiger partial charge >= 0.3 is 5.97 Å². The monoisotopic (exact) mass is 325 g/mol. The zero-order valence-corrected chi connectivity index (χ0v) is 12.6. The van der Waals surface area contributed by atoms with Crippen molar-refractivity contribution in [3.63, 3.8) is 0 Å². The van der Waals surface area contributed by atoms with Crippen LogP contribution in [0.5, 0.6) is 0 Å². The molecule has 0 aliphatic carbocycles. The molecule has 21 heavy (non-hydrogen) atoms. The van der Waals surface area contributed by atoms with Gasteiger partial charge in [0.15, 0.2) is 0 Å². The minimum absolute atomic E-state index is 0.0519. The van der Waals surface area contributed by atoms with E-state index >= 15 is 0 Å². The summed E-state index contributed by atoms with van der Waals surface area (Å²) in [5.41, 5.74) is 0.436. The Hall–Kier alpha value is -2.05. The maximum atomic E-state index is 12.4. The molecular weight excluding hydrogens is 314 g/mol. The van der Waals surface area contributed by atoms with Crippen molar-refractivity contribution in [1.29, 1.82) is 0 Å². The third-order valence-electron chi connectivity index (χ3n) is 2.88. The van der Waals surface area contributed by atoms with Gasteiger partial charge in [0.05, 0.1) is 16.1 Å². The molecule has 2 aromatic carbocycles. The summed E-state index contributed by atoms with van der Waals surface area (Å²) >= 11 is 5.81. The van der Waals surface area contributed by atoms with Gasteiger partial charge in [-0.05, 0) is 42.8 Å². The second kappa shape index (κ2) is 5.75. The van der Waals surface area contributed by atoms with Gasteiger partial charge in [-0.25, -0.2) is 13.2 Å². The zero-order chi connectivity index (χ0) is 15.6. The highest BCUT2D eigenvalue weighted by Gasteiger charge is 2.20. The van der Waals surface area contributed by atoms with Crippen LogP contribution in [0.1, 0.15) is 15.9 Å². The van der Waals surface area contributed by atoms with E-state index in [1.54, 1.807) is 18.2 Å². The lowest BCUT2D eigenvalue weighted by atomic mass is 10.1. The molecule has 0 atom stereocenters. The van der Waals surface area contributed by atoms with E-state index in [0.29, 0.717) is 10.7 Å². The molecule has 0 saturated heterocycles. The first-order chi connectivity index (χ1) is 9.81. The molecule has 0 aromatic heterocycles. The van der Waals surface area contributed by atoms with Gasteiger partial charge in [0.25, 0.3) is 10.0 Å². The molecule has 2 rings (SSSR count). The average molecular weight is 326 g/mol. The maximum absolute atomic E-state index is 12.4. The summed E-state index contributed by atoms with van der Waals surface area (Å²) in [7, 11) is -3.89. The normalized spacial score (nSPS) is 11.1. The third kappa shape index (κ3) is 3.34. The van der Waals surface area contributed by atoms with Crippen LogP contribution in [0.15, 0.2) is 47.4 Å². The van der Waals surface area contributed by atoms with Gasteiger partial charge in [0.1, 0.15) is 0 Å². The van der Waals surface area contributed by atoms with Crippen molar-refractivity contribution >= 4 is 33.3 Å².